The number of benzene rings is 1. The molecule has 0 bridgehead atoms. The van der Waals surface area contributed by atoms with Crippen molar-refractivity contribution in [3.8, 4) is 5.75 Å². The summed E-state index contributed by atoms with van der Waals surface area (Å²) in [4.78, 5) is 0. The van der Waals surface area contributed by atoms with Gasteiger partial charge < -0.3 is 14.8 Å². The number of rotatable bonds is 5. The molecule has 0 amide bonds. The second-order valence-corrected chi connectivity index (χ2v) is 7.19. The SMILES string of the molecule is CNC(CC1(OC)CCC1)c1ccc2c(c1)CC(C)(C)O2. The predicted molar refractivity (Wildman–Crippen MR) is 84.9 cm³/mol. The highest BCUT2D eigenvalue weighted by Crippen LogP contribution is 2.43. The van der Waals surface area contributed by atoms with Gasteiger partial charge in [0.05, 0.1) is 5.60 Å². The number of ether oxygens (including phenoxy) is 2. The van der Waals surface area contributed by atoms with Crippen LogP contribution in [-0.2, 0) is 11.2 Å². The van der Waals surface area contributed by atoms with E-state index in [0.29, 0.717) is 6.04 Å². The summed E-state index contributed by atoms with van der Waals surface area (Å²) in [5.74, 6) is 1.05. The largest absolute Gasteiger partial charge is 0.487 e. The van der Waals surface area contributed by atoms with Crippen LogP contribution in [0.4, 0.5) is 0 Å². The molecule has 1 N–H and O–H groups in total. The molecule has 0 saturated heterocycles. The van der Waals surface area contributed by atoms with Gasteiger partial charge in [0.2, 0.25) is 0 Å². The van der Waals surface area contributed by atoms with Crippen LogP contribution in [0.2, 0.25) is 0 Å². The van der Waals surface area contributed by atoms with Gasteiger partial charge in [0.15, 0.2) is 0 Å². The van der Waals surface area contributed by atoms with E-state index in [-0.39, 0.29) is 11.2 Å². The van der Waals surface area contributed by atoms with E-state index in [1.54, 1.807) is 0 Å². The summed E-state index contributed by atoms with van der Waals surface area (Å²) in [6, 6.07) is 6.99. The Morgan fingerprint density at radius 2 is 2.10 bits per heavy atom. The zero-order chi connectivity index (χ0) is 15.1. The van der Waals surface area contributed by atoms with Gasteiger partial charge in [0, 0.05) is 19.6 Å². The topological polar surface area (TPSA) is 30.5 Å². The third-order valence-electron chi connectivity index (χ3n) is 5.11. The Labute approximate surface area is 128 Å². The average molecular weight is 289 g/mol. The maximum absolute atomic E-state index is 5.97. The average Bonchev–Trinajstić information content (AvgIpc) is 2.71. The van der Waals surface area contributed by atoms with E-state index >= 15 is 0 Å². The third-order valence-corrected chi connectivity index (χ3v) is 5.11. The first kappa shape index (κ1) is 14.9. The molecule has 0 spiro atoms. The van der Waals surface area contributed by atoms with Crippen molar-refractivity contribution in [1.82, 2.24) is 5.32 Å². The van der Waals surface area contributed by atoms with Crippen molar-refractivity contribution < 1.29 is 9.47 Å². The molecule has 1 unspecified atom stereocenters. The molecule has 1 aromatic rings. The predicted octanol–water partition coefficient (Wildman–Crippen LogP) is 3.62. The van der Waals surface area contributed by atoms with Crippen LogP contribution in [-0.4, -0.2) is 25.4 Å². The summed E-state index contributed by atoms with van der Waals surface area (Å²) in [6.45, 7) is 4.30. The van der Waals surface area contributed by atoms with E-state index in [0.717, 1.165) is 18.6 Å². The highest BCUT2D eigenvalue weighted by atomic mass is 16.5. The minimum atomic E-state index is -0.0716. The smallest absolute Gasteiger partial charge is 0.123 e. The van der Waals surface area contributed by atoms with Gasteiger partial charge in [-0.05, 0) is 63.8 Å². The lowest BCUT2D eigenvalue weighted by Gasteiger charge is -2.43. The number of nitrogens with one attached hydrogen (secondary N) is 1. The lowest BCUT2D eigenvalue weighted by atomic mass is 9.74. The Morgan fingerprint density at radius 3 is 2.67 bits per heavy atom. The lowest BCUT2D eigenvalue weighted by Crippen LogP contribution is -2.42. The highest BCUT2D eigenvalue weighted by molar-refractivity contribution is 5.42. The molecular weight excluding hydrogens is 262 g/mol. The van der Waals surface area contributed by atoms with Crippen LogP contribution in [0.1, 0.15) is 56.7 Å². The molecule has 3 nitrogen and oxygen atoms in total. The lowest BCUT2D eigenvalue weighted by molar-refractivity contribution is -0.0834. The first-order valence-corrected chi connectivity index (χ1v) is 8.01. The molecule has 116 valence electrons. The molecule has 2 aliphatic rings. The first-order valence-electron chi connectivity index (χ1n) is 8.01. The molecule has 21 heavy (non-hydrogen) atoms. The van der Waals surface area contributed by atoms with Gasteiger partial charge in [-0.25, -0.2) is 0 Å². The zero-order valence-corrected chi connectivity index (χ0v) is 13.7. The molecular formula is C18H27NO2. The normalized spacial score (nSPS) is 23.0. The molecule has 0 radical (unpaired) electrons. The molecule has 3 heteroatoms. The minimum absolute atomic E-state index is 0.0716. The Balaban J connectivity index is 1.79. The quantitative estimate of drug-likeness (QED) is 0.898. The summed E-state index contributed by atoms with van der Waals surface area (Å²) in [6.07, 6.45) is 5.69. The van der Waals surface area contributed by atoms with Crippen molar-refractivity contribution in [3.05, 3.63) is 29.3 Å². The molecule has 1 aromatic carbocycles. The fourth-order valence-electron chi connectivity index (χ4n) is 3.67. The second kappa shape index (κ2) is 5.29. The molecule has 1 saturated carbocycles. The number of hydrogen-bond donors (Lipinski definition) is 1. The van der Waals surface area contributed by atoms with Gasteiger partial charge in [-0.1, -0.05) is 12.1 Å². The van der Waals surface area contributed by atoms with Crippen molar-refractivity contribution in [2.75, 3.05) is 14.2 Å². The van der Waals surface area contributed by atoms with Crippen molar-refractivity contribution in [3.63, 3.8) is 0 Å². The first-order chi connectivity index (χ1) is 9.97. The fourth-order valence-corrected chi connectivity index (χ4v) is 3.67. The van der Waals surface area contributed by atoms with Crippen LogP contribution in [0.15, 0.2) is 18.2 Å². The second-order valence-electron chi connectivity index (χ2n) is 7.19. The standard InChI is InChI=1S/C18H27NO2/c1-17(2)11-14-10-13(6-7-16(14)21-17)15(19-3)12-18(20-4)8-5-9-18/h6-7,10,15,19H,5,8-9,11-12H2,1-4H3. The maximum atomic E-state index is 5.97. The summed E-state index contributed by atoms with van der Waals surface area (Å²) in [5.41, 5.74) is 2.69. The molecule has 1 fully saturated rings. The molecule has 1 aliphatic carbocycles. The Morgan fingerprint density at radius 1 is 1.33 bits per heavy atom. The van der Waals surface area contributed by atoms with Crippen LogP contribution in [0, 0.1) is 0 Å². The number of methoxy groups -OCH3 is 1. The fraction of sp³-hybridized carbons (Fsp3) is 0.667. The van der Waals surface area contributed by atoms with E-state index < -0.39 is 0 Å². The third kappa shape index (κ3) is 2.82. The summed E-state index contributed by atoms with van der Waals surface area (Å²) < 4.78 is 11.8. The van der Waals surface area contributed by atoms with Crippen LogP contribution in [0.5, 0.6) is 5.75 Å². The van der Waals surface area contributed by atoms with E-state index in [9.17, 15) is 0 Å². The molecule has 1 atom stereocenters. The monoisotopic (exact) mass is 289 g/mol. The van der Waals surface area contributed by atoms with E-state index in [4.69, 9.17) is 9.47 Å². The molecule has 0 aromatic heterocycles. The van der Waals surface area contributed by atoms with Gasteiger partial charge in [-0.3, -0.25) is 0 Å². The van der Waals surface area contributed by atoms with Crippen LogP contribution in [0.3, 0.4) is 0 Å². The summed E-state index contributed by atoms with van der Waals surface area (Å²) in [5, 5.41) is 3.47. The van der Waals surface area contributed by atoms with Crippen molar-refractivity contribution in [2.45, 2.75) is 63.2 Å². The van der Waals surface area contributed by atoms with Gasteiger partial charge in [-0.2, -0.15) is 0 Å². The minimum Gasteiger partial charge on any atom is -0.487 e. The molecule has 3 rings (SSSR count). The molecule has 1 heterocycles. The van der Waals surface area contributed by atoms with Gasteiger partial charge in [0.25, 0.3) is 0 Å². The van der Waals surface area contributed by atoms with Crippen LogP contribution in [0.25, 0.3) is 0 Å². The van der Waals surface area contributed by atoms with Crippen molar-refractivity contribution >= 4 is 0 Å². The molecule has 1 aliphatic heterocycles. The van der Waals surface area contributed by atoms with Gasteiger partial charge in [-0.15, -0.1) is 0 Å². The van der Waals surface area contributed by atoms with Crippen LogP contribution >= 0.6 is 0 Å². The Bertz CT molecular complexity index is 514. The highest BCUT2D eigenvalue weighted by Gasteiger charge is 2.39. The van der Waals surface area contributed by atoms with Gasteiger partial charge >= 0.3 is 0 Å². The number of hydrogen-bond acceptors (Lipinski definition) is 3. The van der Waals surface area contributed by atoms with E-state index in [1.807, 2.05) is 14.2 Å². The Hall–Kier alpha value is -1.06. The zero-order valence-electron chi connectivity index (χ0n) is 13.7. The van der Waals surface area contributed by atoms with E-state index in [1.165, 1.54) is 30.4 Å². The van der Waals surface area contributed by atoms with Gasteiger partial charge in [0.1, 0.15) is 11.4 Å². The van der Waals surface area contributed by atoms with E-state index in [2.05, 4.69) is 37.4 Å². The van der Waals surface area contributed by atoms with Crippen molar-refractivity contribution in [2.24, 2.45) is 0 Å². The summed E-state index contributed by atoms with van der Waals surface area (Å²) in [7, 11) is 3.89. The Kier molecular flexibility index (Phi) is 3.74. The summed E-state index contributed by atoms with van der Waals surface area (Å²) >= 11 is 0. The maximum Gasteiger partial charge on any atom is 0.123 e. The number of fused-ring (bicyclic) bond motifs is 1. The van der Waals surface area contributed by atoms with Crippen molar-refractivity contribution in [1.29, 1.82) is 0 Å². The van der Waals surface area contributed by atoms with Crippen LogP contribution < -0.4 is 10.1 Å².